The summed E-state index contributed by atoms with van der Waals surface area (Å²) < 4.78 is 2.65. The molecular formula is C32H39N2P. The maximum Gasteiger partial charge on any atom is 0.144 e. The number of anilines is 1. The zero-order valence-electron chi connectivity index (χ0n) is 22.8. The predicted molar refractivity (Wildman–Crippen MR) is 154 cm³/mol. The van der Waals surface area contributed by atoms with Crippen LogP contribution in [-0.4, -0.2) is 17.2 Å². The largest absolute Gasteiger partial charge is 0.303 e. The van der Waals surface area contributed by atoms with Crippen molar-refractivity contribution in [3.05, 3.63) is 94.0 Å². The minimum atomic E-state index is -0.510. The Morgan fingerprint density at radius 3 is 2.11 bits per heavy atom. The van der Waals surface area contributed by atoms with Gasteiger partial charge in [-0.2, -0.15) is 0 Å². The van der Waals surface area contributed by atoms with Crippen LogP contribution >= 0.6 is 8.07 Å². The Bertz CT molecular complexity index is 1320. The van der Waals surface area contributed by atoms with Crippen LogP contribution in [0.1, 0.15) is 88.8 Å². The zero-order chi connectivity index (χ0) is 25.3. The van der Waals surface area contributed by atoms with Crippen molar-refractivity contribution in [1.29, 1.82) is 0 Å². The molecule has 0 N–H and O–H groups in total. The molecule has 0 fully saturated rings. The van der Waals surface area contributed by atoms with E-state index in [1.807, 2.05) is 0 Å². The fraction of sp³-hybridized carbons (Fsp3) is 0.406. The Morgan fingerprint density at radius 1 is 0.829 bits per heavy atom. The van der Waals surface area contributed by atoms with Crippen LogP contribution in [0.25, 0.3) is 0 Å². The molecule has 0 radical (unpaired) electrons. The molecule has 1 atom stereocenters. The van der Waals surface area contributed by atoms with E-state index in [0.717, 1.165) is 11.5 Å². The van der Waals surface area contributed by atoms with Crippen LogP contribution < -0.4 is 4.67 Å². The summed E-state index contributed by atoms with van der Waals surface area (Å²) in [5.74, 6) is 1.13. The van der Waals surface area contributed by atoms with Crippen molar-refractivity contribution >= 4 is 25.3 Å². The van der Waals surface area contributed by atoms with Crippen LogP contribution in [0.2, 0.25) is 0 Å². The van der Waals surface area contributed by atoms with Crippen molar-refractivity contribution in [2.24, 2.45) is 4.99 Å². The molecule has 0 saturated heterocycles. The average molecular weight is 483 g/mol. The van der Waals surface area contributed by atoms with Crippen LogP contribution in [0.3, 0.4) is 0 Å². The molecule has 1 aliphatic heterocycles. The van der Waals surface area contributed by atoms with Crippen LogP contribution in [-0.2, 0) is 10.8 Å². The summed E-state index contributed by atoms with van der Waals surface area (Å²) in [5.41, 5.74) is 11.9. The van der Waals surface area contributed by atoms with E-state index in [-0.39, 0.29) is 10.8 Å². The summed E-state index contributed by atoms with van der Waals surface area (Å²) in [6.45, 7) is 21.1. The van der Waals surface area contributed by atoms with Gasteiger partial charge >= 0.3 is 0 Å². The average Bonchev–Trinajstić information content (AvgIpc) is 3.44. The number of para-hydroxylation sites is 2. The zero-order valence-corrected chi connectivity index (χ0v) is 23.7. The number of nitrogens with zero attached hydrogens (tertiary/aromatic N) is 2. The number of amidine groups is 1. The van der Waals surface area contributed by atoms with Crippen molar-refractivity contribution in [2.75, 3.05) is 4.67 Å². The van der Waals surface area contributed by atoms with Crippen molar-refractivity contribution in [3.63, 3.8) is 0 Å². The summed E-state index contributed by atoms with van der Waals surface area (Å²) in [6.07, 6.45) is 0. The van der Waals surface area contributed by atoms with E-state index in [0.29, 0.717) is 11.3 Å². The lowest BCUT2D eigenvalue weighted by atomic mass is 9.86. The van der Waals surface area contributed by atoms with E-state index >= 15 is 0 Å². The first-order valence-electron chi connectivity index (χ1n) is 13.0. The van der Waals surface area contributed by atoms with E-state index in [2.05, 4.69) is 128 Å². The Labute approximate surface area is 213 Å². The SMILES string of the molecule is Cc1ccc2c3c1C3(C)c1ccccc1N(P(C(C)C)C(C)C)C2=Nc1ccccc1C(C)(C)C. The van der Waals surface area contributed by atoms with Gasteiger partial charge in [-0.3, -0.25) is 0 Å². The Kier molecular flexibility index (Phi) is 5.76. The number of hydrogen-bond donors (Lipinski definition) is 0. The number of hydrogen-bond acceptors (Lipinski definition) is 1. The van der Waals surface area contributed by atoms with Gasteiger partial charge in [0.15, 0.2) is 0 Å². The lowest BCUT2D eigenvalue weighted by molar-refractivity contribution is 0.591. The summed E-state index contributed by atoms with van der Waals surface area (Å²) in [5, 5.41) is 0. The topological polar surface area (TPSA) is 15.6 Å². The normalized spacial score (nSPS) is 19.9. The van der Waals surface area contributed by atoms with Gasteiger partial charge in [-0.15, -0.1) is 0 Å². The standard InChI is InChI=1S/C32H39N2P/c1-20(2)35(21(3)4)34-27-17-13-11-15-25(27)32(9)28-22(5)18-19-23(29(28)32)30(34)33-26-16-12-10-14-24(26)31(6,7)8/h10-21H,1-9H3. The summed E-state index contributed by atoms with van der Waals surface area (Å²) in [4.78, 5) is 5.59. The van der Waals surface area contributed by atoms with Gasteiger partial charge in [0, 0.05) is 19.1 Å². The first kappa shape index (κ1) is 24.3. The summed E-state index contributed by atoms with van der Waals surface area (Å²) in [6, 6.07) is 22.5. The van der Waals surface area contributed by atoms with Gasteiger partial charge in [-0.1, -0.05) is 97.0 Å². The summed E-state index contributed by atoms with van der Waals surface area (Å²) in [7, 11) is -0.510. The smallest absolute Gasteiger partial charge is 0.144 e. The third-order valence-electron chi connectivity index (χ3n) is 7.69. The molecule has 182 valence electrons. The van der Waals surface area contributed by atoms with Crippen LogP contribution in [0.15, 0.2) is 65.7 Å². The monoisotopic (exact) mass is 482 g/mol. The Morgan fingerprint density at radius 2 is 1.46 bits per heavy atom. The molecule has 2 nitrogen and oxygen atoms in total. The molecular weight excluding hydrogens is 443 g/mol. The molecule has 3 heteroatoms. The van der Waals surface area contributed by atoms with Gasteiger partial charge < -0.3 is 4.67 Å². The van der Waals surface area contributed by atoms with Gasteiger partial charge in [0.25, 0.3) is 0 Å². The molecule has 3 aromatic carbocycles. The van der Waals surface area contributed by atoms with Gasteiger partial charge in [-0.25, -0.2) is 4.99 Å². The second-order valence-corrected chi connectivity index (χ2v) is 15.1. The van der Waals surface area contributed by atoms with Crippen molar-refractivity contribution < 1.29 is 0 Å². The Hall–Kier alpha value is -2.44. The van der Waals surface area contributed by atoms with E-state index in [9.17, 15) is 0 Å². The first-order chi connectivity index (χ1) is 16.5. The van der Waals surface area contributed by atoms with Gasteiger partial charge in [0.2, 0.25) is 0 Å². The molecule has 0 bridgehead atoms. The molecule has 0 spiro atoms. The molecule has 5 rings (SSSR count). The predicted octanol–water partition coefficient (Wildman–Crippen LogP) is 9.07. The molecule has 1 unspecified atom stereocenters. The van der Waals surface area contributed by atoms with E-state index in [4.69, 9.17) is 4.99 Å². The first-order valence-corrected chi connectivity index (χ1v) is 14.4. The second-order valence-electron chi connectivity index (χ2n) is 11.9. The molecule has 0 aromatic heterocycles. The van der Waals surface area contributed by atoms with Crippen LogP contribution in [0, 0.1) is 6.92 Å². The molecule has 35 heavy (non-hydrogen) atoms. The fourth-order valence-electron chi connectivity index (χ4n) is 6.23. The maximum absolute atomic E-state index is 5.59. The van der Waals surface area contributed by atoms with Crippen molar-refractivity contribution in [2.45, 2.75) is 84.5 Å². The number of rotatable bonds is 4. The van der Waals surface area contributed by atoms with Gasteiger partial charge in [0.1, 0.15) is 5.84 Å². The maximum atomic E-state index is 5.59. The highest BCUT2D eigenvalue weighted by molar-refractivity contribution is 7.61. The van der Waals surface area contributed by atoms with Crippen LogP contribution in [0.4, 0.5) is 11.4 Å². The number of fused-ring (bicyclic) bond motifs is 3. The van der Waals surface area contributed by atoms with E-state index < -0.39 is 8.07 Å². The number of aliphatic imine (C=N–C) groups is 1. The lowest BCUT2D eigenvalue weighted by Gasteiger charge is -2.40. The summed E-state index contributed by atoms with van der Waals surface area (Å²) >= 11 is 0. The molecule has 3 aromatic rings. The van der Waals surface area contributed by atoms with E-state index in [1.54, 1.807) is 0 Å². The minimum absolute atomic E-state index is 0.0188. The van der Waals surface area contributed by atoms with Gasteiger partial charge in [0.05, 0.1) is 11.4 Å². The minimum Gasteiger partial charge on any atom is -0.303 e. The van der Waals surface area contributed by atoms with Crippen molar-refractivity contribution in [3.8, 4) is 0 Å². The highest BCUT2D eigenvalue weighted by atomic mass is 31.1. The Balaban J connectivity index is 1.88. The lowest BCUT2D eigenvalue weighted by Crippen LogP contribution is -2.32. The van der Waals surface area contributed by atoms with Crippen LogP contribution in [0.5, 0.6) is 0 Å². The highest BCUT2D eigenvalue weighted by Crippen LogP contribution is 2.65. The third kappa shape index (κ3) is 3.68. The molecule has 2 aliphatic rings. The molecule has 0 saturated carbocycles. The van der Waals surface area contributed by atoms with E-state index in [1.165, 1.54) is 39.1 Å². The van der Waals surface area contributed by atoms with Crippen molar-refractivity contribution in [1.82, 2.24) is 0 Å². The second kappa shape index (κ2) is 8.31. The third-order valence-corrected chi connectivity index (χ3v) is 10.7. The molecule has 1 heterocycles. The fourth-order valence-corrected chi connectivity index (χ4v) is 9.14. The van der Waals surface area contributed by atoms with Gasteiger partial charge in [-0.05, 0) is 70.5 Å². The number of benzene rings is 3. The number of aryl methyl sites for hydroxylation is 1. The highest BCUT2D eigenvalue weighted by Gasteiger charge is 2.55. The molecule has 1 aliphatic carbocycles. The quantitative estimate of drug-likeness (QED) is 0.339. The molecule has 0 amide bonds.